The number of halogens is 1. The Bertz CT molecular complexity index is 748. The first-order valence-electron chi connectivity index (χ1n) is 8.14. The number of hydrogen-bond donors (Lipinski definition) is 2. The summed E-state index contributed by atoms with van der Waals surface area (Å²) in [5.74, 6) is -0.726. The Kier molecular flexibility index (Phi) is 7.30. The van der Waals surface area contributed by atoms with Crippen molar-refractivity contribution in [1.29, 1.82) is 0 Å². The number of carbonyl (C=O) groups is 2. The fourth-order valence-electron chi connectivity index (χ4n) is 2.21. The summed E-state index contributed by atoms with van der Waals surface area (Å²) in [6, 6.07) is 14.3. The van der Waals surface area contributed by atoms with Gasteiger partial charge in [0.1, 0.15) is 5.82 Å². The smallest absolute Gasteiger partial charge is 0.407 e. The number of rotatable bonds is 7. The SMILES string of the molecule is CCOC(=O)N[C@@H](CC(=O)N/N=C\c1ccc(F)cc1)c1ccccc1. The van der Waals surface area contributed by atoms with Crippen LogP contribution in [-0.4, -0.2) is 24.8 Å². The van der Waals surface area contributed by atoms with E-state index in [-0.39, 0.29) is 24.8 Å². The summed E-state index contributed by atoms with van der Waals surface area (Å²) >= 11 is 0. The van der Waals surface area contributed by atoms with Gasteiger partial charge in [0.15, 0.2) is 0 Å². The van der Waals surface area contributed by atoms with Crippen molar-refractivity contribution in [3.8, 4) is 0 Å². The van der Waals surface area contributed by atoms with Gasteiger partial charge in [0.2, 0.25) is 5.91 Å². The molecule has 6 nitrogen and oxygen atoms in total. The Morgan fingerprint density at radius 3 is 2.50 bits per heavy atom. The van der Waals surface area contributed by atoms with Crippen LogP contribution in [0.3, 0.4) is 0 Å². The number of nitrogens with one attached hydrogen (secondary N) is 2. The van der Waals surface area contributed by atoms with Gasteiger partial charge >= 0.3 is 6.09 Å². The lowest BCUT2D eigenvalue weighted by Crippen LogP contribution is -2.33. The van der Waals surface area contributed by atoms with E-state index in [0.717, 1.165) is 5.56 Å². The van der Waals surface area contributed by atoms with Crippen molar-refractivity contribution in [2.45, 2.75) is 19.4 Å². The van der Waals surface area contributed by atoms with Gasteiger partial charge < -0.3 is 10.1 Å². The number of hydrogen-bond acceptors (Lipinski definition) is 4. The number of carbonyl (C=O) groups excluding carboxylic acids is 2. The summed E-state index contributed by atoms with van der Waals surface area (Å²) in [6.07, 6.45) is 0.806. The van der Waals surface area contributed by atoms with E-state index in [4.69, 9.17) is 4.74 Å². The van der Waals surface area contributed by atoms with Crippen LogP contribution in [0.1, 0.15) is 30.5 Å². The molecule has 0 saturated heterocycles. The van der Waals surface area contributed by atoms with Gasteiger partial charge in [-0.25, -0.2) is 14.6 Å². The molecule has 2 aromatic carbocycles. The van der Waals surface area contributed by atoms with Gasteiger partial charge in [-0.3, -0.25) is 4.79 Å². The molecule has 1 atom stereocenters. The largest absolute Gasteiger partial charge is 0.450 e. The van der Waals surface area contributed by atoms with E-state index >= 15 is 0 Å². The summed E-state index contributed by atoms with van der Waals surface area (Å²) in [4.78, 5) is 23.8. The first-order chi connectivity index (χ1) is 12.6. The first kappa shape index (κ1) is 19.1. The zero-order valence-electron chi connectivity index (χ0n) is 14.3. The van der Waals surface area contributed by atoms with E-state index in [1.54, 1.807) is 19.1 Å². The van der Waals surface area contributed by atoms with Gasteiger partial charge in [-0.2, -0.15) is 5.10 Å². The van der Waals surface area contributed by atoms with Crippen molar-refractivity contribution in [1.82, 2.24) is 10.7 Å². The highest BCUT2D eigenvalue weighted by Crippen LogP contribution is 2.16. The van der Waals surface area contributed by atoms with Crippen molar-refractivity contribution in [3.63, 3.8) is 0 Å². The maximum absolute atomic E-state index is 12.8. The highest BCUT2D eigenvalue weighted by atomic mass is 19.1. The molecule has 7 heteroatoms. The molecule has 0 aliphatic rings. The number of benzene rings is 2. The van der Waals surface area contributed by atoms with Gasteiger partial charge in [-0.1, -0.05) is 42.5 Å². The van der Waals surface area contributed by atoms with E-state index in [0.29, 0.717) is 5.56 Å². The standard InChI is InChI=1S/C19H20FN3O3/c1-2-26-19(25)22-17(15-6-4-3-5-7-15)12-18(24)23-21-13-14-8-10-16(20)11-9-14/h3-11,13,17H,2,12H2,1H3,(H,22,25)(H,23,24)/b21-13-/t17-/m0/s1. The molecule has 136 valence electrons. The average Bonchev–Trinajstić information content (AvgIpc) is 2.64. The van der Waals surface area contributed by atoms with Crippen LogP contribution in [0.5, 0.6) is 0 Å². The Hall–Kier alpha value is -3.22. The zero-order chi connectivity index (χ0) is 18.8. The summed E-state index contributed by atoms with van der Waals surface area (Å²) < 4.78 is 17.7. The number of alkyl carbamates (subject to hydrolysis) is 1. The Labute approximate surface area is 151 Å². The van der Waals surface area contributed by atoms with Crippen molar-refractivity contribution in [2.75, 3.05) is 6.61 Å². The fourth-order valence-corrected chi connectivity index (χ4v) is 2.21. The third-order valence-corrected chi connectivity index (χ3v) is 3.43. The van der Waals surface area contributed by atoms with Gasteiger partial charge in [0.05, 0.1) is 25.3 Å². The summed E-state index contributed by atoms with van der Waals surface area (Å²) in [6.45, 7) is 1.94. The van der Waals surface area contributed by atoms with Crippen molar-refractivity contribution >= 4 is 18.2 Å². The molecule has 2 rings (SSSR count). The highest BCUT2D eigenvalue weighted by molar-refractivity contribution is 5.82. The fraction of sp³-hybridized carbons (Fsp3) is 0.211. The van der Waals surface area contributed by atoms with Crippen molar-refractivity contribution in [3.05, 3.63) is 71.5 Å². The first-order valence-corrected chi connectivity index (χ1v) is 8.14. The quantitative estimate of drug-likeness (QED) is 0.590. The lowest BCUT2D eigenvalue weighted by atomic mass is 10.0. The molecule has 0 radical (unpaired) electrons. The second-order valence-electron chi connectivity index (χ2n) is 5.38. The summed E-state index contributed by atoms with van der Waals surface area (Å²) in [5, 5.41) is 6.51. The molecule has 0 aliphatic heterocycles. The minimum absolute atomic E-state index is 0.0103. The van der Waals surface area contributed by atoms with E-state index in [2.05, 4.69) is 15.8 Å². The maximum Gasteiger partial charge on any atom is 0.407 e. The average molecular weight is 357 g/mol. The molecule has 0 saturated carbocycles. The molecule has 2 amide bonds. The Morgan fingerprint density at radius 1 is 1.15 bits per heavy atom. The predicted octanol–water partition coefficient (Wildman–Crippen LogP) is 3.15. The monoisotopic (exact) mass is 357 g/mol. The molecule has 0 bridgehead atoms. The van der Waals surface area contributed by atoms with E-state index in [9.17, 15) is 14.0 Å². The lowest BCUT2D eigenvalue weighted by Gasteiger charge is -2.18. The van der Waals surface area contributed by atoms with Crippen molar-refractivity contribution in [2.24, 2.45) is 5.10 Å². The van der Waals surface area contributed by atoms with Crippen LogP contribution < -0.4 is 10.7 Å². The molecule has 26 heavy (non-hydrogen) atoms. The van der Waals surface area contributed by atoms with E-state index in [1.165, 1.54) is 18.3 Å². The van der Waals surface area contributed by atoms with E-state index in [1.807, 2.05) is 30.3 Å². The highest BCUT2D eigenvalue weighted by Gasteiger charge is 2.18. The van der Waals surface area contributed by atoms with Crippen LogP contribution in [0.4, 0.5) is 9.18 Å². The van der Waals surface area contributed by atoms with E-state index < -0.39 is 12.1 Å². The second-order valence-corrected chi connectivity index (χ2v) is 5.38. The molecule has 0 fully saturated rings. The number of nitrogens with zero attached hydrogens (tertiary/aromatic N) is 1. The van der Waals surface area contributed by atoms with Crippen LogP contribution in [0.25, 0.3) is 0 Å². The Morgan fingerprint density at radius 2 is 1.85 bits per heavy atom. The van der Waals surface area contributed by atoms with Gasteiger partial charge in [-0.05, 0) is 30.2 Å². The third-order valence-electron chi connectivity index (χ3n) is 3.43. The summed E-state index contributed by atoms with van der Waals surface area (Å²) in [7, 11) is 0. The van der Waals surface area contributed by atoms with Crippen LogP contribution >= 0.6 is 0 Å². The molecular weight excluding hydrogens is 337 g/mol. The normalized spacial score (nSPS) is 11.8. The third kappa shape index (κ3) is 6.35. The van der Waals surface area contributed by atoms with Crippen LogP contribution in [0.15, 0.2) is 59.7 Å². The van der Waals surface area contributed by atoms with Crippen LogP contribution in [0, 0.1) is 5.82 Å². The zero-order valence-corrected chi connectivity index (χ0v) is 14.3. The van der Waals surface area contributed by atoms with Crippen LogP contribution in [-0.2, 0) is 9.53 Å². The minimum Gasteiger partial charge on any atom is -0.450 e. The van der Waals surface area contributed by atoms with Gasteiger partial charge in [0, 0.05) is 0 Å². The molecule has 0 heterocycles. The molecule has 0 unspecified atom stereocenters. The number of ether oxygens (including phenoxy) is 1. The predicted molar refractivity (Wildman–Crippen MR) is 96.1 cm³/mol. The maximum atomic E-state index is 12.8. The molecule has 0 aromatic heterocycles. The van der Waals surface area contributed by atoms with Crippen LogP contribution in [0.2, 0.25) is 0 Å². The topological polar surface area (TPSA) is 79.8 Å². The molecular formula is C19H20FN3O3. The Balaban J connectivity index is 1.96. The van der Waals surface area contributed by atoms with Gasteiger partial charge in [0.25, 0.3) is 0 Å². The minimum atomic E-state index is -0.594. The number of amides is 2. The second kappa shape index (κ2) is 9.93. The molecule has 2 N–H and O–H groups in total. The lowest BCUT2D eigenvalue weighted by molar-refractivity contribution is -0.121. The number of hydrazone groups is 1. The van der Waals surface area contributed by atoms with Gasteiger partial charge in [-0.15, -0.1) is 0 Å². The van der Waals surface area contributed by atoms with Crippen molar-refractivity contribution < 1.29 is 18.7 Å². The molecule has 0 spiro atoms. The molecule has 0 aliphatic carbocycles. The summed E-state index contributed by atoms with van der Waals surface area (Å²) in [5.41, 5.74) is 3.82. The molecule has 2 aromatic rings.